The van der Waals surface area contributed by atoms with Crippen molar-refractivity contribution in [1.29, 1.82) is 0 Å². The topological polar surface area (TPSA) is 84.5 Å². The SMILES string of the molecule is CC(=O)Oc1cccc(C(=O)NCc2ccc(NC(=O)CCc3cccc(Br)c3)cc2)c1. The summed E-state index contributed by atoms with van der Waals surface area (Å²) in [7, 11) is 0. The number of hydrogen-bond donors (Lipinski definition) is 2. The molecule has 3 aromatic carbocycles. The molecule has 0 saturated carbocycles. The van der Waals surface area contributed by atoms with Gasteiger partial charge in [-0.15, -0.1) is 0 Å². The Hall–Kier alpha value is -3.45. The van der Waals surface area contributed by atoms with Crippen LogP contribution < -0.4 is 15.4 Å². The molecule has 0 aliphatic rings. The first-order valence-electron chi connectivity index (χ1n) is 10.1. The van der Waals surface area contributed by atoms with Gasteiger partial charge in [0.1, 0.15) is 5.75 Å². The number of ether oxygens (including phenoxy) is 1. The molecule has 3 rings (SSSR count). The number of benzene rings is 3. The summed E-state index contributed by atoms with van der Waals surface area (Å²) in [4.78, 5) is 35.6. The third-order valence-electron chi connectivity index (χ3n) is 4.58. The third-order valence-corrected chi connectivity index (χ3v) is 5.07. The van der Waals surface area contributed by atoms with Gasteiger partial charge in [-0.25, -0.2) is 0 Å². The highest BCUT2D eigenvalue weighted by molar-refractivity contribution is 9.10. The van der Waals surface area contributed by atoms with Gasteiger partial charge in [-0.3, -0.25) is 14.4 Å². The van der Waals surface area contributed by atoms with Crippen LogP contribution in [-0.2, 0) is 22.6 Å². The standard InChI is InChI=1S/C25H23BrN2O4/c1-17(29)32-23-7-3-5-20(15-23)25(31)27-16-19-8-11-22(12-9-19)28-24(30)13-10-18-4-2-6-21(26)14-18/h2-9,11-12,14-15H,10,13,16H2,1H3,(H,27,31)(H,28,30). The maximum Gasteiger partial charge on any atom is 0.308 e. The number of hydrogen-bond acceptors (Lipinski definition) is 4. The van der Waals surface area contributed by atoms with Crippen molar-refractivity contribution in [3.05, 3.63) is 94.0 Å². The smallest absolute Gasteiger partial charge is 0.308 e. The van der Waals surface area contributed by atoms with Crippen molar-refractivity contribution in [3.63, 3.8) is 0 Å². The van der Waals surface area contributed by atoms with E-state index in [4.69, 9.17) is 4.74 Å². The first kappa shape index (κ1) is 23.2. The molecule has 2 amide bonds. The minimum atomic E-state index is -0.442. The number of nitrogens with one attached hydrogen (secondary N) is 2. The molecular formula is C25H23BrN2O4. The maximum atomic E-state index is 12.4. The first-order chi connectivity index (χ1) is 15.4. The fourth-order valence-corrected chi connectivity index (χ4v) is 3.48. The normalized spacial score (nSPS) is 10.3. The molecular weight excluding hydrogens is 472 g/mol. The summed E-state index contributed by atoms with van der Waals surface area (Å²) in [6.45, 7) is 1.63. The number of aryl methyl sites for hydroxylation is 1. The van der Waals surface area contributed by atoms with Crippen LogP contribution in [0.3, 0.4) is 0 Å². The fraction of sp³-hybridized carbons (Fsp3) is 0.160. The summed E-state index contributed by atoms with van der Waals surface area (Å²) in [5, 5.41) is 5.72. The molecule has 0 aliphatic carbocycles. The van der Waals surface area contributed by atoms with Crippen molar-refractivity contribution in [1.82, 2.24) is 5.32 Å². The van der Waals surface area contributed by atoms with Crippen LogP contribution in [0.25, 0.3) is 0 Å². The lowest BCUT2D eigenvalue weighted by atomic mass is 10.1. The number of carbonyl (C=O) groups is 3. The molecule has 7 heteroatoms. The predicted octanol–water partition coefficient (Wildman–Crippen LogP) is 4.88. The van der Waals surface area contributed by atoms with E-state index in [0.29, 0.717) is 36.4 Å². The minimum absolute atomic E-state index is 0.0568. The van der Waals surface area contributed by atoms with Crippen molar-refractivity contribution in [2.75, 3.05) is 5.32 Å². The third kappa shape index (κ3) is 7.35. The number of halogens is 1. The van der Waals surface area contributed by atoms with Crippen molar-refractivity contribution < 1.29 is 19.1 Å². The molecule has 0 aliphatic heterocycles. The van der Waals surface area contributed by atoms with Crippen molar-refractivity contribution in [2.45, 2.75) is 26.3 Å². The van der Waals surface area contributed by atoms with Gasteiger partial charge >= 0.3 is 5.97 Å². The second kappa shape index (κ2) is 11.2. The van der Waals surface area contributed by atoms with Crippen molar-refractivity contribution >= 4 is 39.4 Å². The number of anilines is 1. The van der Waals surface area contributed by atoms with E-state index in [-0.39, 0.29) is 11.8 Å². The van der Waals surface area contributed by atoms with Crippen LogP contribution in [0.2, 0.25) is 0 Å². The molecule has 6 nitrogen and oxygen atoms in total. The molecule has 32 heavy (non-hydrogen) atoms. The van der Waals surface area contributed by atoms with Crippen LogP contribution in [0.4, 0.5) is 5.69 Å². The zero-order valence-corrected chi connectivity index (χ0v) is 19.1. The van der Waals surface area contributed by atoms with E-state index < -0.39 is 5.97 Å². The molecule has 0 aromatic heterocycles. The van der Waals surface area contributed by atoms with Gasteiger partial charge in [-0.2, -0.15) is 0 Å². The van der Waals surface area contributed by atoms with Crippen molar-refractivity contribution in [2.24, 2.45) is 0 Å². The highest BCUT2D eigenvalue weighted by atomic mass is 79.9. The molecule has 0 heterocycles. The lowest BCUT2D eigenvalue weighted by molar-refractivity contribution is -0.131. The molecule has 0 radical (unpaired) electrons. The van der Waals surface area contributed by atoms with Crippen LogP contribution in [0.15, 0.2) is 77.3 Å². The molecule has 2 N–H and O–H groups in total. The lowest BCUT2D eigenvalue weighted by Crippen LogP contribution is -2.22. The summed E-state index contributed by atoms with van der Waals surface area (Å²) < 4.78 is 6.00. The first-order valence-corrected chi connectivity index (χ1v) is 10.9. The van der Waals surface area contributed by atoms with Crippen LogP contribution >= 0.6 is 15.9 Å². The maximum absolute atomic E-state index is 12.4. The molecule has 0 fully saturated rings. The summed E-state index contributed by atoms with van der Waals surface area (Å²) >= 11 is 3.43. The van der Waals surface area contributed by atoms with Gasteiger partial charge in [0.05, 0.1) is 0 Å². The van der Waals surface area contributed by atoms with Gasteiger partial charge in [-0.05, 0) is 60.0 Å². The van der Waals surface area contributed by atoms with Gasteiger partial charge in [0.25, 0.3) is 5.91 Å². The van der Waals surface area contributed by atoms with Crippen LogP contribution in [-0.4, -0.2) is 17.8 Å². The summed E-state index contributed by atoms with van der Waals surface area (Å²) in [5.41, 5.74) is 3.09. The van der Waals surface area contributed by atoms with E-state index in [2.05, 4.69) is 26.6 Å². The Morgan fingerprint density at radius 1 is 0.906 bits per heavy atom. The Labute approximate surface area is 195 Å². The quantitative estimate of drug-likeness (QED) is 0.345. The number of rotatable bonds is 8. The highest BCUT2D eigenvalue weighted by Gasteiger charge is 2.08. The van der Waals surface area contributed by atoms with Crippen molar-refractivity contribution in [3.8, 4) is 5.75 Å². The second-order valence-corrected chi connectivity index (χ2v) is 8.09. The Morgan fingerprint density at radius 3 is 2.38 bits per heavy atom. The summed E-state index contributed by atoms with van der Waals surface area (Å²) in [6.07, 6.45) is 1.05. The molecule has 164 valence electrons. The minimum Gasteiger partial charge on any atom is -0.427 e. The summed E-state index contributed by atoms with van der Waals surface area (Å²) in [6, 6.07) is 21.6. The van der Waals surface area contributed by atoms with E-state index in [1.165, 1.54) is 13.0 Å². The second-order valence-electron chi connectivity index (χ2n) is 7.18. The Bertz CT molecular complexity index is 1110. The van der Waals surface area contributed by atoms with Gasteiger partial charge < -0.3 is 15.4 Å². The number of carbonyl (C=O) groups excluding carboxylic acids is 3. The molecule has 0 spiro atoms. The molecule has 3 aromatic rings. The van der Waals surface area contributed by atoms with Gasteiger partial charge in [-0.1, -0.05) is 46.3 Å². The van der Waals surface area contributed by atoms with Gasteiger partial charge in [0.2, 0.25) is 5.91 Å². The van der Waals surface area contributed by atoms with Gasteiger partial charge in [0, 0.05) is 35.6 Å². The average Bonchev–Trinajstić information content (AvgIpc) is 2.77. The van der Waals surface area contributed by atoms with E-state index >= 15 is 0 Å². The van der Waals surface area contributed by atoms with Gasteiger partial charge in [0.15, 0.2) is 0 Å². The predicted molar refractivity (Wildman–Crippen MR) is 126 cm³/mol. The fourth-order valence-electron chi connectivity index (χ4n) is 3.03. The largest absolute Gasteiger partial charge is 0.427 e. The Balaban J connectivity index is 1.47. The summed E-state index contributed by atoms with van der Waals surface area (Å²) in [5.74, 6) is -0.448. The monoisotopic (exact) mass is 494 g/mol. The zero-order valence-electron chi connectivity index (χ0n) is 17.6. The number of esters is 1. The van der Waals surface area contributed by atoms with E-state index in [1.807, 2.05) is 36.4 Å². The zero-order chi connectivity index (χ0) is 22.9. The molecule has 0 unspecified atom stereocenters. The van der Waals surface area contributed by atoms with Crippen LogP contribution in [0.5, 0.6) is 5.75 Å². The van der Waals surface area contributed by atoms with E-state index in [9.17, 15) is 14.4 Å². The Morgan fingerprint density at radius 2 is 1.66 bits per heavy atom. The van der Waals surface area contributed by atoms with E-state index in [0.717, 1.165) is 15.6 Å². The lowest BCUT2D eigenvalue weighted by Gasteiger charge is -2.09. The van der Waals surface area contributed by atoms with E-state index in [1.54, 1.807) is 30.3 Å². The molecule has 0 bridgehead atoms. The average molecular weight is 495 g/mol. The van der Waals surface area contributed by atoms with Crippen LogP contribution in [0.1, 0.15) is 34.8 Å². The van der Waals surface area contributed by atoms with Crippen LogP contribution in [0, 0.1) is 0 Å². The molecule has 0 atom stereocenters. The highest BCUT2D eigenvalue weighted by Crippen LogP contribution is 2.16. The number of amides is 2. The molecule has 0 saturated heterocycles. The Kier molecular flexibility index (Phi) is 8.16.